The molecule has 0 aromatic heterocycles. The molecule has 0 aliphatic heterocycles. The number of hydrogen-bond acceptors (Lipinski definition) is 0. The van der Waals surface area contributed by atoms with E-state index in [1.165, 1.54) is 83.5 Å². The summed E-state index contributed by atoms with van der Waals surface area (Å²) in [6, 6.07) is 0. The normalized spacial score (nSPS) is 10.7. The third-order valence-electron chi connectivity index (χ3n) is 3.78. The molecule has 0 N–H and O–H groups in total. The summed E-state index contributed by atoms with van der Waals surface area (Å²) in [5.74, 6) is 0.897. The van der Waals surface area contributed by atoms with Crippen LogP contribution < -0.4 is 0 Å². The summed E-state index contributed by atoms with van der Waals surface area (Å²) in [7, 11) is 0. The van der Waals surface area contributed by atoms with Crippen LogP contribution in [0, 0.1) is 12.8 Å². The SMILES string of the molecule is [CH2]CCCCCCCCCCCCCCC(C)C.[NaH]. The molecule has 0 fully saturated rings. The van der Waals surface area contributed by atoms with E-state index in [0.717, 1.165) is 12.3 Å². The fraction of sp³-hybridized carbons (Fsp3) is 0.944. The van der Waals surface area contributed by atoms with E-state index in [0.29, 0.717) is 0 Å². The van der Waals surface area contributed by atoms with Crippen molar-refractivity contribution in [2.75, 3.05) is 0 Å². The fourth-order valence-electron chi connectivity index (χ4n) is 2.50. The van der Waals surface area contributed by atoms with Gasteiger partial charge in [-0.05, 0) is 5.92 Å². The van der Waals surface area contributed by atoms with Gasteiger partial charge in [-0.1, -0.05) is 111 Å². The van der Waals surface area contributed by atoms with Crippen LogP contribution in [0.15, 0.2) is 0 Å². The van der Waals surface area contributed by atoms with Crippen molar-refractivity contribution in [3.05, 3.63) is 6.92 Å². The van der Waals surface area contributed by atoms with Crippen molar-refractivity contribution in [1.29, 1.82) is 0 Å². The van der Waals surface area contributed by atoms with E-state index in [4.69, 9.17) is 0 Å². The van der Waals surface area contributed by atoms with Crippen molar-refractivity contribution in [2.45, 2.75) is 104 Å². The second-order valence-corrected chi connectivity index (χ2v) is 6.28. The molecule has 0 aliphatic carbocycles. The molecular formula is C18H38Na. The zero-order valence-electron chi connectivity index (χ0n) is 13.2. The van der Waals surface area contributed by atoms with Crippen LogP contribution in [0.25, 0.3) is 0 Å². The van der Waals surface area contributed by atoms with Gasteiger partial charge in [0.15, 0.2) is 0 Å². The van der Waals surface area contributed by atoms with Gasteiger partial charge >= 0.3 is 29.6 Å². The summed E-state index contributed by atoms with van der Waals surface area (Å²) < 4.78 is 0. The molecule has 0 aliphatic rings. The first kappa shape index (κ1) is 22.3. The average Bonchev–Trinajstić information content (AvgIpc) is 2.34. The molecule has 0 bridgehead atoms. The monoisotopic (exact) mass is 277 g/mol. The molecule has 0 saturated carbocycles. The molecule has 1 heteroatoms. The number of hydrogen-bond donors (Lipinski definition) is 0. The van der Waals surface area contributed by atoms with Gasteiger partial charge in [-0.15, -0.1) is 0 Å². The first-order valence-corrected chi connectivity index (χ1v) is 8.56. The van der Waals surface area contributed by atoms with Gasteiger partial charge in [0.05, 0.1) is 0 Å². The van der Waals surface area contributed by atoms with E-state index in [9.17, 15) is 0 Å². The van der Waals surface area contributed by atoms with Crippen molar-refractivity contribution in [1.82, 2.24) is 0 Å². The van der Waals surface area contributed by atoms with Gasteiger partial charge in [0.25, 0.3) is 0 Å². The van der Waals surface area contributed by atoms with Crippen molar-refractivity contribution in [2.24, 2.45) is 5.92 Å². The van der Waals surface area contributed by atoms with Crippen LogP contribution in [0.2, 0.25) is 0 Å². The maximum atomic E-state index is 3.88. The minimum atomic E-state index is 0. The van der Waals surface area contributed by atoms with Crippen molar-refractivity contribution in [3.63, 3.8) is 0 Å². The zero-order chi connectivity index (χ0) is 13.5. The van der Waals surface area contributed by atoms with E-state index in [2.05, 4.69) is 20.8 Å². The molecule has 0 atom stereocenters. The van der Waals surface area contributed by atoms with E-state index in [1.807, 2.05) is 0 Å². The fourth-order valence-corrected chi connectivity index (χ4v) is 2.50. The first-order chi connectivity index (χ1) is 8.77. The van der Waals surface area contributed by atoms with Crippen LogP contribution in [-0.4, -0.2) is 29.6 Å². The predicted octanol–water partition coefficient (Wildman–Crippen LogP) is 6.29. The Kier molecular flexibility index (Phi) is 22.3. The van der Waals surface area contributed by atoms with Gasteiger partial charge in [-0.25, -0.2) is 0 Å². The number of rotatable bonds is 14. The topological polar surface area (TPSA) is 0 Å². The van der Waals surface area contributed by atoms with Gasteiger partial charge in [0, 0.05) is 0 Å². The Morgan fingerprint density at radius 3 is 1.21 bits per heavy atom. The minimum absolute atomic E-state index is 0. The molecule has 0 heterocycles. The number of unbranched alkanes of at least 4 members (excludes halogenated alkanes) is 12. The van der Waals surface area contributed by atoms with Crippen molar-refractivity contribution < 1.29 is 0 Å². The van der Waals surface area contributed by atoms with Crippen LogP contribution in [0.4, 0.5) is 0 Å². The van der Waals surface area contributed by atoms with E-state index >= 15 is 0 Å². The van der Waals surface area contributed by atoms with Gasteiger partial charge in [-0.2, -0.15) is 0 Å². The second kappa shape index (κ2) is 19.0. The van der Waals surface area contributed by atoms with Crippen LogP contribution in [-0.2, 0) is 0 Å². The molecular weight excluding hydrogens is 239 g/mol. The third-order valence-corrected chi connectivity index (χ3v) is 3.78. The summed E-state index contributed by atoms with van der Waals surface area (Å²) in [5.41, 5.74) is 0. The summed E-state index contributed by atoms with van der Waals surface area (Å²) >= 11 is 0. The Morgan fingerprint density at radius 2 is 0.895 bits per heavy atom. The molecule has 0 nitrogen and oxygen atoms in total. The van der Waals surface area contributed by atoms with Crippen molar-refractivity contribution in [3.8, 4) is 0 Å². The first-order valence-electron chi connectivity index (χ1n) is 8.56. The Labute approximate surface area is 145 Å². The molecule has 111 valence electrons. The molecule has 0 amide bonds. The van der Waals surface area contributed by atoms with Crippen LogP contribution >= 0.6 is 0 Å². The molecule has 0 aromatic carbocycles. The molecule has 1 radical (unpaired) electrons. The average molecular weight is 277 g/mol. The summed E-state index contributed by atoms with van der Waals surface area (Å²) in [6.45, 7) is 8.54. The van der Waals surface area contributed by atoms with E-state index in [-0.39, 0.29) is 29.6 Å². The Bertz CT molecular complexity index is 143. The van der Waals surface area contributed by atoms with Crippen LogP contribution in [0.3, 0.4) is 0 Å². The molecule has 0 unspecified atom stereocenters. The van der Waals surface area contributed by atoms with E-state index in [1.54, 1.807) is 0 Å². The van der Waals surface area contributed by atoms with Gasteiger partial charge in [-0.3, -0.25) is 0 Å². The maximum absolute atomic E-state index is 3.88. The third kappa shape index (κ3) is 21.4. The molecule has 0 rings (SSSR count). The predicted molar refractivity (Wildman–Crippen MR) is 92.0 cm³/mol. The second-order valence-electron chi connectivity index (χ2n) is 6.28. The summed E-state index contributed by atoms with van der Waals surface area (Å²) in [6.07, 6.45) is 19.9. The van der Waals surface area contributed by atoms with E-state index < -0.39 is 0 Å². The Balaban J connectivity index is 0. The molecule has 0 saturated heterocycles. The Hall–Kier alpha value is 1.00. The molecule has 19 heavy (non-hydrogen) atoms. The van der Waals surface area contributed by atoms with Gasteiger partial charge < -0.3 is 0 Å². The van der Waals surface area contributed by atoms with Gasteiger partial charge in [0.2, 0.25) is 0 Å². The Morgan fingerprint density at radius 1 is 0.579 bits per heavy atom. The summed E-state index contributed by atoms with van der Waals surface area (Å²) in [4.78, 5) is 0. The molecule has 0 spiro atoms. The zero-order valence-corrected chi connectivity index (χ0v) is 13.2. The summed E-state index contributed by atoms with van der Waals surface area (Å²) in [5, 5.41) is 0. The molecule has 0 aromatic rings. The quantitative estimate of drug-likeness (QED) is 0.258. The van der Waals surface area contributed by atoms with Crippen LogP contribution in [0.1, 0.15) is 104 Å². The standard InChI is InChI=1S/C18H37.Na.H/c1-4-5-6-7-8-9-10-11-12-13-14-15-16-17-18(2)3;;/h18H,1,4-17H2,2-3H3;;. The van der Waals surface area contributed by atoms with Crippen LogP contribution in [0.5, 0.6) is 0 Å². The van der Waals surface area contributed by atoms with Gasteiger partial charge in [0.1, 0.15) is 0 Å². The van der Waals surface area contributed by atoms with Crippen molar-refractivity contribution >= 4 is 29.6 Å².